The Morgan fingerprint density at radius 2 is 1.84 bits per heavy atom. The molecule has 1 aromatic rings. The lowest BCUT2D eigenvalue weighted by Crippen LogP contribution is -2.60. The van der Waals surface area contributed by atoms with E-state index in [9.17, 15) is 5.11 Å². The maximum absolute atomic E-state index is 11.0. The molecule has 1 heterocycles. The molecule has 2 bridgehead atoms. The monoisotopic (exact) mass is 345 g/mol. The summed E-state index contributed by atoms with van der Waals surface area (Å²) in [6, 6.07) is 4.47. The molecular formula is C20H27NO4. The number of aromatic hydroxyl groups is 1. The Balaban J connectivity index is 1.94. The van der Waals surface area contributed by atoms with Crippen molar-refractivity contribution >= 4 is 0 Å². The van der Waals surface area contributed by atoms with Crippen molar-refractivity contribution < 1.29 is 19.3 Å². The summed E-state index contributed by atoms with van der Waals surface area (Å²) in [7, 11) is 7.27. The number of methoxy groups -OCH3 is 3. The van der Waals surface area contributed by atoms with Gasteiger partial charge in [0, 0.05) is 29.9 Å². The number of fused-ring (bicyclic) bond motifs is 1. The third-order valence-corrected chi connectivity index (χ3v) is 6.71. The van der Waals surface area contributed by atoms with Crippen LogP contribution in [0, 0.1) is 5.92 Å². The molecule has 5 heteroatoms. The van der Waals surface area contributed by atoms with Crippen molar-refractivity contribution in [1.82, 2.24) is 4.90 Å². The van der Waals surface area contributed by atoms with E-state index in [0.29, 0.717) is 23.5 Å². The van der Waals surface area contributed by atoms with Gasteiger partial charge < -0.3 is 24.2 Å². The van der Waals surface area contributed by atoms with Gasteiger partial charge in [-0.05, 0) is 44.0 Å². The van der Waals surface area contributed by atoms with Gasteiger partial charge in [0.25, 0.3) is 0 Å². The maximum atomic E-state index is 11.0. The second-order valence-corrected chi connectivity index (χ2v) is 7.55. The SMILES string of the molecule is COC1=C(OC)C[C@@]23CCN(C)C(Cc4ccc(OC)c(O)c42)C3C1. The number of likely N-dealkylation sites (tertiary alicyclic amines) is 1. The minimum Gasteiger partial charge on any atom is -0.504 e. The molecule has 1 fully saturated rings. The number of phenolic OH excluding ortho intramolecular Hbond substituents is 1. The molecule has 2 aliphatic carbocycles. The predicted octanol–water partition coefficient (Wildman–Crippen LogP) is 2.81. The molecule has 5 nitrogen and oxygen atoms in total. The first-order chi connectivity index (χ1) is 12.1. The number of piperidine rings is 1. The lowest BCUT2D eigenvalue weighted by Gasteiger charge is -2.58. The summed E-state index contributed by atoms with van der Waals surface area (Å²) in [6.45, 7) is 1.02. The Hall–Kier alpha value is -1.88. The van der Waals surface area contributed by atoms with Gasteiger partial charge in [0.05, 0.1) is 21.3 Å². The summed E-state index contributed by atoms with van der Waals surface area (Å²) in [4.78, 5) is 2.47. The fraction of sp³-hybridized carbons (Fsp3) is 0.600. The van der Waals surface area contributed by atoms with E-state index in [1.807, 2.05) is 6.07 Å². The summed E-state index contributed by atoms with van der Waals surface area (Å²) >= 11 is 0. The van der Waals surface area contributed by atoms with Crippen LogP contribution in [0.3, 0.4) is 0 Å². The van der Waals surface area contributed by atoms with E-state index >= 15 is 0 Å². The zero-order valence-corrected chi connectivity index (χ0v) is 15.5. The molecule has 0 saturated carbocycles. The molecule has 0 spiro atoms. The van der Waals surface area contributed by atoms with Crippen LogP contribution in [0.2, 0.25) is 0 Å². The van der Waals surface area contributed by atoms with E-state index < -0.39 is 0 Å². The number of allylic oxidation sites excluding steroid dienone is 2. The number of rotatable bonds is 3. The summed E-state index contributed by atoms with van der Waals surface area (Å²) in [5, 5.41) is 11.0. The largest absolute Gasteiger partial charge is 0.504 e. The van der Waals surface area contributed by atoms with Crippen LogP contribution >= 0.6 is 0 Å². The van der Waals surface area contributed by atoms with Crippen LogP contribution in [0.25, 0.3) is 0 Å². The van der Waals surface area contributed by atoms with Gasteiger partial charge in [-0.25, -0.2) is 0 Å². The quantitative estimate of drug-likeness (QED) is 0.913. The number of ether oxygens (including phenoxy) is 3. The molecule has 1 aromatic carbocycles. The Labute approximate surface area is 149 Å². The van der Waals surface area contributed by atoms with E-state index in [-0.39, 0.29) is 5.41 Å². The Morgan fingerprint density at radius 3 is 2.52 bits per heavy atom. The highest BCUT2D eigenvalue weighted by atomic mass is 16.5. The normalized spacial score (nSPS) is 31.2. The molecule has 0 aromatic heterocycles. The Kier molecular flexibility index (Phi) is 3.87. The third-order valence-electron chi connectivity index (χ3n) is 6.71. The van der Waals surface area contributed by atoms with Crippen molar-refractivity contribution in [3.05, 3.63) is 34.8 Å². The van der Waals surface area contributed by atoms with Gasteiger partial charge in [0.1, 0.15) is 11.5 Å². The second kappa shape index (κ2) is 5.84. The minimum absolute atomic E-state index is 0.114. The van der Waals surface area contributed by atoms with Gasteiger partial charge in [-0.15, -0.1) is 0 Å². The highest BCUT2D eigenvalue weighted by Gasteiger charge is 2.57. The summed E-state index contributed by atoms with van der Waals surface area (Å²) in [6.07, 6.45) is 3.58. The van der Waals surface area contributed by atoms with E-state index in [2.05, 4.69) is 18.0 Å². The minimum atomic E-state index is -0.114. The molecule has 136 valence electrons. The molecule has 1 N–H and O–H groups in total. The van der Waals surface area contributed by atoms with Gasteiger partial charge in [-0.3, -0.25) is 0 Å². The van der Waals surface area contributed by atoms with Crippen molar-refractivity contribution in [3.8, 4) is 11.5 Å². The standard InChI is InChI=1S/C20H27NO4/c1-21-8-7-20-11-17(25-4)16(24-3)10-13(20)14(21)9-12-5-6-15(23-2)19(22)18(12)20/h5-6,13-14,22H,7-11H2,1-4H3/t13?,14?,20-/m1/s1. The third kappa shape index (κ3) is 2.18. The number of phenols is 1. The smallest absolute Gasteiger partial charge is 0.161 e. The van der Waals surface area contributed by atoms with Crippen molar-refractivity contribution in [2.24, 2.45) is 5.92 Å². The second-order valence-electron chi connectivity index (χ2n) is 7.55. The van der Waals surface area contributed by atoms with Crippen molar-refractivity contribution in [2.75, 3.05) is 34.9 Å². The van der Waals surface area contributed by atoms with Crippen molar-refractivity contribution in [2.45, 2.75) is 37.1 Å². The summed E-state index contributed by atoms with van der Waals surface area (Å²) < 4.78 is 16.8. The van der Waals surface area contributed by atoms with Crippen molar-refractivity contribution in [1.29, 1.82) is 0 Å². The van der Waals surface area contributed by atoms with Crippen LogP contribution in [0.15, 0.2) is 23.7 Å². The predicted molar refractivity (Wildman–Crippen MR) is 94.8 cm³/mol. The molecule has 0 amide bonds. The lowest BCUT2D eigenvalue weighted by molar-refractivity contribution is -0.00216. The van der Waals surface area contributed by atoms with Crippen LogP contribution in [0.4, 0.5) is 0 Å². The average Bonchev–Trinajstić information content (AvgIpc) is 2.63. The van der Waals surface area contributed by atoms with Gasteiger partial charge in [-0.2, -0.15) is 0 Å². The fourth-order valence-electron chi connectivity index (χ4n) is 5.46. The molecule has 4 rings (SSSR count). The molecule has 3 atom stereocenters. The van der Waals surface area contributed by atoms with Crippen LogP contribution in [0.5, 0.6) is 11.5 Å². The molecule has 2 unspecified atom stereocenters. The number of nitrogens with zero attached hydrogens (tertiary/aromatic N) is 1. The fourth-order valence-corrected chi connectivity index (χ4v) is 5.46. The molecular weight excluding hydrogens is 318 g/mol. The van der Waals surface area contributed by atoms with E-state index in [1.54, 1.807) is 21.3 Å². The van der Waals surface area contributed by atoms with Crippen LogP contribution in [0.1, 0.15) is 30.4 Å². The first-order valence-electron chi connectivity index (χ1n) is 8.95. The van der Waals surface area contributed by atoms with Crippen molar-refractivity contribution in [3.63, 3.8) is 0 Å². The number of benzene rings is 1. The number of hydrogen-bond donors (Lipinski definition) is 1. The van der Waals surface area contributed by atoms with E-state index in [0.717, 1.165) is 49.3 Å². The first kappa shape index (κ1) is 16.6. The highest BCUT2D eigenvalue weighted by molar-refractivity contribution is 5.57. The molecule has 0 radical (unpaired) electrons. The molecule has 25 heavy (non-hydrogen) atoms. The number of hydrogen-bond acceptors (Lipinski definition) is 5. The topological polar surface area (TPSA) is 51.2 Å². The first-order valence-corrected chi connectivity index (χ1v) is 8.95. The zero-order chi connectivity index (χ0) is 17.8. The van der Waals surface area contributed by atoms with E-state index in [1.165, 1.54) is 5.56 Å². The summed E-state index contributed by atoms with van der Waals surface area (Å²) in [5.41, 5.74) is 2.20. The lowest BCUT2D eigenvalue weighted by atomic mass is 9.53. The molecule has 1 saturated heterocycles. The number of likely N-dealkylation sites (N-methyl/N-ethyl adjacent to an activating group) is 1. The maximum Gasteiger partial charge on any atom is 0.161 e. The Bertz CT molecular complexity index is 729. The van der Waals surface area contributed by atoms with Gasteiger partial charge in [0.2, 0.25) is 0 Å². The van der Waals surface area contributed by atoms with Gasteiger partial charge in [0.15, 0.2) is 11.5 Å². The zero-order valence-electron chi connectivity index (χ0n) is 15.5. The molecule has 3 aliphatic rings. The van der Waals surface area contributed by atoms with Crippen LogP contribution < -0.4 is 4.74 Å². The average molecular weight is 345 g/mol. The Morgan fingerprint density at radius 1 is 1.08 bits per heavy atom. The highest BCUT2D eigenvalue weighted by Crippen LogP contribution is 2.59. The molecule has 1 aliphatic heterocycles. The van der Waals surface area contributed by atoms with Gasteiger partial charge in [-0.1, -0.05) is 6.07 Å². The summed E-state index contributed by atoms with van der Waals surface area (Å²) in [5.74, 6) is 3.14. The van der Waals surface area contributed by atoms with Crippen LogP contribution in [-0.4, -0.2) is 51.0 Å². The van der Waals surface area contributed by atoms with E-state index in [4.69, 9.17) is 14.2 Å². The van der Waals surface area contributed by atoms with Crippen LogP contribution in [-0.2, 0) is 21.3 Å². The van der Waals surface area contributed by atoms with Gasteiger partial charge >= 0.3 is 0 Å².